The number of likely N-dealkylation sites (N-methyl/N-ethyl adjacent to an activating group) is 1. The normalized spacial score (nSPS) is 14.4. The van der Waals surface area contributed by atoms with Crippen molar-refractivity contribution >= 4 is 7.82 Å². The lowest BCUT2D eigenvalue weighted by Crippen LogP contribution is -2.41. The molecule has 0 amide bonds. The molecule has 0 saturated heterocycles. The van der Waals surface area contributed by atoms with E-state index in [0.717, 1.165) is 30.3 Å². The van der Waals surface area contributed by atoms with Crippen molar-refractivity contribution in [1.29, 1.82) is 0 Å². The van der Waals surface area contributed by atoms with Gasteiger partial charge in [0.05, 0.1) is 27.2 Å². The molecule has 0 aliphatic carbocycles. The number of allylic oxidation sites excluding steroid dienone is 2. The third-order valence-electron chi connectivity index (χ3n) is 5.71. The highest BCUT2D eigenvalue weighted by Crippen LogP contribution is 2.38. The summed E-state index contributed by atoms with van der Waals surface area (Å²) in [5, 5.41) is 0. The molecular weight excluding hydrogens is 397 g/mol. The Bertz CT molecular complexity index is 454. The van der Waals surface area contributed by atoms with Crippen LogP contribution in [-0.2, 0) is 13.6 Å². The molecule has 1 atom stereocenters. The van der Waals surface area contributed by atoms with Gasteiger partial charge in [-0.15, -0.1) is 0 Å². The Labute approximate surface area is 187 Å². The predicted molar refractivity (Wildman–Crippen MR) is 126 cm³/mol. The quantitative estimate of drug-likeness (QED) is 0.0809. The highest BCUT2D eigenvalue weighted by Gasteiger charge is 2.15. The largest absolute Gasteiger partial charge is 0.756 e. The summed E-state index contributed by atoms with van der Waals surface area (Å²) in [6.07, 6.45) is 21.9. The van der Waals surface area contributed by atoms with E-state index in [-0.39, 0.29) is 13.2 Å². The Kier molecular flexibility index (Phi) is 19.4. The van der Waals surface area contributed by atoms with Crippen molar-refractivity contribution in [2.24, 2.45) is 0 Å². The number of nitrogens with zero attached hydrogens (tertiary/aromatic N) is 1. The van der Waals surface area contributed by atoms with Crippen LogP contribution in [-0.4, -0.2) is 44.9 Å². The molecule has 0 heterocycles. The Morgan fingerprint density at radius 2 is 1.20 bits per heavy atom. The Hall–Kier alpha value is -0.190. The maximum atomic E-state index is 11.7. The third-order valence-corrected chi connectivity index (χ3v) is 6.71. The molecule has 0 N–H and O–H groups in total. The Morgan fingerprint density at radius 1 is 0.733 bits per heavy atom. The minimum atomic E-state index is -4.15. The molecule has 0 aliphatic rings. The smallest absolute Gasteiger partial charge is 0.268 e. The van der Waals surface area contributed by atoms with Gasteiger partial charge in [0.2, 0.25) is 0 Å². The van der Waals surface area contributed by atoms with Gasteiger partial charge in [0.15, 0.2) is 0 Å². The van der Waals surface area contributed by atoms with Gasteiger partial charge >= 0.3 is 0 Å². The second-order valence-corrected chi connectivity index (χ2v) is 10.4. The number of hydrogen-bond acceptors (Lipinski definition) is 4. The molecule has 180 valence electrons. The fraction of sp³-hybridized carbons (Fsp3) is 0.917. The average molecular weight is 448 g/mol. The molecule has 30 heavy (non-hydrogen) atoms. The fourth-order valence-electron chi connectivity index (χ4n) is 3.12. The third kappa shape index (κ3) is 21.1. The monoisotopic (exact) mass is 447 g/mol. The number of phosphoric ester groups is 1. The highest BCUT2D eigenvalue weighted by atomic mass is 31.2. The summed E-state index contributed by atoms with van der Waals surface area (Å²) in [6.45, 7) is 6.32. The van der Waals surface area contributed by atoms with E-state index in [1.54, 1.807) is 0 Å². The molecule has 0 saturated carbocycles. The summed E-state index contributed by atoms with van der Waals surface area (Å²) in [5.74, 6) is 0. The zero-order valence-corrected chi connectivity index (χ0v) is 21.3. The van der Waals surface area contributed by atoms with Gasteiger partial charge in [-0.1, -0.05) is 76.9 Å². The molecule has 5 nitrogen and oxygen atoms in total. The zero-order valence-electron chi connectivity index (χ0n) is 20.4. The van der Waals surface area contributed by atoms with Crippen LogP contribution in [0.5, 0.6) is 0 Å². The molecule has 0 radical (unpaired) electrons. The van der Waals surface area contributed by atoms with E-state index in [2.05, 4.69) is 26.0 Å². The van der Waals surface area contributed by atoms with Gasteiger partial charge in [0.1, 0.15) is 13.2 Å². The molecule has 6 heteroatoms. The summed E-state index contributed by atoms with van der Waals surface area (Å²) < 4.78 is 22.4. The van der Waals surface area contributed by atoms with E-state index in [1.807, 2.05) is 14.1 Å². The maximum absolute atomic E-state index is 11.7. The minimum Gasteiger partial charge on any atom is -0.756 e. The predicted octanol–water partition coefficient (Wildman–Crippen LogP) is 6.62. The Morgan fingerprint density at radius 3 is 1.73 bits per heavy atom. The molecule has 0 rings (SSSR count). The molecule has 0 aromatic carbocycles. The lowest BCUT2D eigenvalue weighted by atomic mass is 10.1. The minimum absolute atomic E-state index is 0.176. The number of unbranched alkanes of at least 4 members (excludes halogenated alkanes) is 12. The van der Waals surface area contributed by atoms with Gasteiger partial charge in [0.25, 0.3) is 7.82 Å². The first-order valence-corrected chi connectivity index (χ1v) is 13.9. The Balaban J connectivity index is 3.41. The van der Waals surface area contributed by atoms with Crippen molar-refractivity contribution in [3.8, 4) is 0 Å². The van der Waals surface area contributed by atoms with Crippen LogP contribution in [0, 0.1) is 0 Å². The lowest BCUT2D eigenvalue weighted by molar-refractivity contribution is -0.888. The van der Waals surface area contributed by atoms with Crippen LogP contribution >= 0.6 is 7.82 Å². The van der Waals surface area contributed by atoms with Gasteiger partial charge in [-0.2, -0.15) is 0 Å². The summed E-state index contributed by atoms with van der Waals surface area (Å²) in [7, 11) is -0.0498. The van der Waals surface area contributed by atoms with Crippen LogP contribution in [0.4, 0.5) is 0 Å². The average Bonchev–Trinajstić information content (AvgIpc) is 2.70. The van der Waals surface area contributed by atoms with Crippen molar-refractivity contribution in [1.82, 2.24) is 0 Å². The van der Waals surface area contributed by atoms with Crippen molar-refractivity contribution < 1.29 is 23.0 Å². The van der Waals surface area contributed by atoms with E-state index in [1.165, 1.54) is 70.6 Å². The van der Waals surface area contributed by atoms with Crippen molar-refractivity contribution in [2.75, 3.05) is 40.4 Å². The molecule has 0 aromatic heterocycles. The highest BCUT2D eigenvalue weighted by molar-refractivity contribution is 7.45. The number of quaternary nitrogens is 1. The second kappa shape index (κ2) is 19.5. The van der Waals surface area contributed by atoms with Gasteiger partial charge in [-0.25, -0.2) is 0 Å². The zero-order chi connectivity index (χ0) is 22.6. The van der Waals surface area contributed by atoms with Crippen LogP contribution in [0.25, 0.3) is 0 Å². The first-order chi connectivity index (χ1) is 14.3. The van der Waals surface area contributed by atoms with Crippen molar-refractivity contribution in [2.45, 2.75) is 104 Å². The van der Waals surface area contributed by atoms with Crippen LogP contribution in [0.15, 0.2) is 12.2 Å². The molecule has 0 bridgehead atoms. The van der Waals surface area contributed by atoms with Crippen LogP contribution < -0.4 is 4.89 Å². The number of rotatable bonds is 22. The molecule has 0 spiro atoms. The van der Waals surface area contributed by atoms with E-state index in [0.29, 0.717) is 6.54 Å². The SMILES string of the molecule is CCCCCCCC/C=C/CCCCCCCCOP(=O)([O-])OCC[N+](C)(C)CC. The maximum Gasteiger partial charge on any atom is 0.268 e. The van der Waals surface area contributed by atoms with E-state index in [4.69, 9.17) is 9.05 Å². The second-order valence-electron chi connectivity index (χ2n) is 9.03. The lowest BCUT2D eigenvalue weighted by Gasteiger charge is -2.29. The van der Waals surface area contributed by atoms with Crippen LogP contribution in [0.3, 0.4) is 0 Å². The van der Waals surface area contributed by atoms with Crippen LogP contribution in [0.1, 0.15) is 104 Å². The number of phosphoric acid groups is 1. The standard InChI is InChI=1S/C24H50NO4P/c1-5-7-8-9-10-11-12-13-14-15-16-17-18-19-20-21-23-28-30(26,27)29-24-22-25(3,4)6-2/h13-14H,5-12,15-24H2,1-4H3/b14-13+. The summed E-state index contributed by atoms with van der Waals surface area (Å²) >= 11 is 0. The topological polar surface area (TPSA) is 58.6 Å². The first kappa shape index (κ1) is 29.8. The molecule has 0 aromatic rings. The van der Waals surface area contributed by atoms with E-state index in [9.17, 15) is 9.46 Å². The molecule has 0 fully saturated rings. The summed E-state index contributed by atoms with van der Waals surface area (Å²) in [6, 6.07) is 0. The van der Waals surface area contributed by atoms with Gasteiger partial charge < -0.3 is 18.4 Å². The molecule has 0 aliphatic heterocycles. The van der Waals surface area contributed by atoms with Gasteiger partial charge in [-0.05, 0) is 39.0 Å². The first-order valence-electron chi connectivity index (χ1n) is 12.4. The fourth-order valence-corrected chi connectivity index (χ4v) is 3.85. The number of hydrogen-bond donors (Lipinski definition) is 0. The molecular formula is C24H50NO4P. The van der Waals surface area contributed by atoms with Crippen molar-refractivity contribution in [3.05, 3.63) is 12.2 Å². The summed E-state index contributed by atoms with van der Waals surface area (Å²) in [5.41, 5.74) is 0. The molecule has 1 unspecified atom stereocenters. The van der Waals surface area contributed by atoms with Gasteiger partial charge in [-0.3, -0.25) is 4.57 Å². The van der Waals surface area contributed by atoms with Crippen molar-refractivity contribution in [3.63, 3.8) is 0 Å². The van der Waals surface area contributed by atoms with E-state index >= 15 is 0 Å². The summed E-state index contributed by atoms with van der Waals surface area (Å²) in [4.78, 5) is 11.7. The van der Waals surface area contributed by atoms with Gasteiger partial charge in [0, 0.05) is 0 Å². The van der Waals surface area contributed by atoms with E-state index < -0.39 is 7.82 Å². The van der Waals surface area contributed by atoms with Crippen LogP contribution in [0.2, 0.25) is 0 Å².